The molecule has 1 atom stereocenters. The van der Waals surface area contributed by atoms with Crippen LogP contribution >= 0.6 is 11.6 Å². The van der Waals surface area contributed by atoms with Crippen LogP contribution in [0.15, 0.2) is 58.9 Å². The van der Waals surface area contributed by atoms with E-state index in [1.54, 1.807) is 24.4 Å². The van der Waals surface area contributed by atoms with E-state index in [0.29, 0.717) is 22.0 Å². The molecule has 27 heavy (non-hydrogen) atoms. The van der Waals surface area contributed by atoms with Gasteiger partial charge in [-0.3, -0.25) is 4.98 Å². The smallest absolute Gasteiger partial charge is 0.312 e. The number of carbonyl (C=O) groups excluding carboxylic acids is 1. The van der Waals surface area contributed by atoms with Crippen LogP contribution in [0.5, 0.6) is 0 Å². The van der Waals surface area contributed by atoms with Crippen molar-refractivity contribution in [3.63, 3.8) is 0 Å². The first-order chi connectivity index (χ1) is 13.0. The first-order valence-electron chi connectivity index (χ1n) is 8.52. The predicted molar refractivity (Wildman–Crippen MR) is 111 cm³/mol. The molecule has 3 N–H and O–H groups in total. The molecule has 1 unspecified atom stereocenters. The summed E-state index contributed by atoms with van der Waals surface area (Å²) in [4.78, 5) is 15.6. The zero-order chi connectivity index (χ0) is 20.2. The zero-order valence-electron chi connectivity index (χ0n) is 15.8. The van der Waals surface area contributed by atoms with E-state index in [9.17, 15) is 4.79 Å². The Hall–Kier alpha value is -2.93. The number of benzene rings is 1. The van der Waals surface area contributed by atoms with Crippen LogP contribution in [0.2, 0.25) is 5.02 Å². The molecule has 2 amide bonds. The van der Waals surface area contributed by atoms with Gasteiger partial charge in [0, 0.05) is 17.9 Å². The molecule has 2 rings (SSSR count). The first-order valence-corrected chi connectivity index (χ1v) is 8.90. The van der Waals surface area contributed by atoms with Gasteiger partial charge in [0.05, 0.1) is 24.0 Å². The third-order valence-electron chi connectivity index (χ3n) is 3.41. The molecular formula is C19H25ClN6O. The molecule has 2 aromatic rings. The topological polar surface area (TPSA) is 96.0 Å². The summed E-state index contributed by atoms with van der Waals surface area (Å²) < 4.78 is 0. The highest BCUT2D eigenvalue weighted by molar-refractivity contribution is 6.31. The number of halogens is 1. The van der Waals surface area contributed by atoms with Crippen molar-refractivity contribution in [3.05, 3.63) is 64.9 Å². The van der Waals surface area contributed by atoms with Crippen molar-refractivity contribution in [2.24, 2.45) is 15.9 Å². The van der Waals surface area contributed by atoms with Gasteiger partial charge in [-0.15, -0.1) is 0 Å². The highest BCUT2D eigenvalue weighted by Crippen LogP contribution is 2.23. The third kappa shape index (κ3) is 7.07. The standard InChI is InChI=1S/C17H19ClN6O.C2H6/c1-12(15-9-5-6-10-21-15)23-24(20-2)11-16(22-17(19)25)13-7-3-4-8-14(13)18;1-2/h3-10,16H,2,11H2,1H3,(H3,19,22,25);1-2H3/b23-12+;. The summed E-state index contributed by atoms with van der Waals surface area (Å²) in [6.07, 6.45) is 1.68. The van der Waals surface area contributed by atoms with Gasteiger partial charge in [0.1, 0.15) is 0 Å². The van der Waals surface area contributed by atoms with Gasteiger partial charge < -0.3 is 11.1 Å². The van der Waals surface area contributed by atoms with Crippen LogP contribution in [-0.4, -0.2) is 35.1 Å². The van der Waals surface area contributed by atoms with E-state index < -0.39 is 12.1 Å². The quantitative estimate of drug-likeness (QED) is 0.557. The summed E-state index contributed by atoms with van der Waals surface area (Å²) in [6, 6.07) is 11.5. The molecule has 0 radical (unpaired) electrons. The number of nitrogens with two attached hydrogens (primary N) is 1. The molecule has 1 aromatic heterocycles. The van der Waals surface area contributed by atoms with Crippen molar-refractivity contribution in [3.8, 4) is 0 Å². The molecule has 0 aliphatic rings. The second-order valence-electron chi connectivity index (χ2n) is 5.18. The highest BCUT2D eigenvalue weighted by Gasteiger charge is 2.19. The predicted octanol–water partition coefficient (Wildman–Crippen LogP) is 3.81. The van der Waals surface area contributed by atoms with Crippen LogP contribution < -0.4 is 11.1 Å². The van der Waals surface area contributed by atoms with Crippen LogP contribution in [-0.2, 0) is 0 Å². The molecule has 0 fully saturated rings. The van der Waals surface area contributed by atoms with E-state index in [-0.39, 0.29) is 6.54 Å². The van der Waals surface area contributed by atoms with Crippen molar-refractivity contribution in [1.29, 1.82) is 0 Å². The fraction of sp³-hybridized carbons (Fsp3) is 0.263. The van der Waals surface area contributed by atoms with Gasteiger partial charge in [-0.05, 0) is 30.7 Å². The maximum Gasteiger partial charge on any atom is 0.312 e. The molecule has 0 saturated heterocycles. The number of hydrazone groups is 2. The van der Waals surface area contributed by atoms with Crippen LogP contribution in [0.3, 0.4) is 0 Å². The largest absolute Gasteiger partial charge is 0.352 e. The Morgan fingerprint density at radius 1 is 1.30 bits per heavy atom. The van der Waals surface area contributed by atoms with Crippen molar-refractivity contribution in [1.82, 2.24) is 15.4 Å². The van der Waals surface area contributed by atoms with Crippen molar-refractivity contribution in [2.75, 3.05) is 6.54 Å². The lowest BCUT2D eigenvalue weighted by molar-refractivity contribution is 0.233. The number of hydrogen-bond acceptors (Lipinski definition) is 5. The molecule has 0 aliphatic carbocycles. The summed E-state index contributed by atoms with van der Waals surface area (Å²) in [5.41, 5.74) is 7.37. The van der Waals surface area contributed by atoms with Crippen LogP contribution in [0.4, 0.5) is 4.79 Å². The number of nitrogens with one attached hydrogen (secondary N) is 1. The van der Waals surface area contributed by atoms with E-state index >= 15 is 0 Å². The number of nitrogens with zero attached hydrogens (tertiary/aromatic N) is 4. The number of aromatic nitrogens is 1. The number of amides is 2. The second-order valence-corrected chi connectivity index (χ2v) is 5.59. The Kier molecular flexibility index (Phi) is 9.53. The highest BCUT2D eigenvalue weighted by atomic mass is 35.5. The van der Waals surface area contributed by atoms with E-state index in [1.807, 2.05) is 45.0 Å². The van der Waals surface area contributed by atoms with Crippen LogP contribution in [0.1, 0.15) is 38.1 Å². The van der Waals surface area contributed by atoms with Crippen molar-refractivity contribution < 1.29 is 4.79 Å². The maximum absolute atomic E-state index is 11.4. The molecule has 144 valence electrons. The third-order valence-corrected chi connectivity index (χ3v) is 3.75. The molecule has 0 aliphatic heterocycles. The van der Waals surface area contributed by atoms with Gasteiger partial charge in [0.2, 0.25) is 0 Å². The lowest BCUT2D eigenvalue weighted by atomic mass is 10.1. The van der Waals surface area contributed by atoms with Crippen LogP contribution in [0, 0.1) is 0 Å². The SMILES string of the molecule is C=NN(CC(NC(N)=O)c1ccccc1Cl)/N=C(\C)c1ccccn1.CC. The van der Waals surface area contributed by atoms with E-state index in [2.05, 4.69) is 27.2 Å². The fourth-order valence-corrected chi connectivity index (χ4v) is 2.51. The monoisotopic (exact) mass is 388 g/mol. The van der Waals surface area contributed by atoms with E-state index in [4.69, 9.17) is 17.3 Å². The lowest BCUT2D eigenvalue weighted by Gasteiger charge is -2.23. The average Bonchev–Trinajstić information content (AvgIpc) is 2.69. The van der Waals surface area contributed by atoms with Crippen LogP contribution in [0.25, 0.3) is 0 Å². The molecular weight excluding hydrogens is 364 g/mol. The minimum absolute atomic E-state index is 0.209. The van der Waals surface area contributed by atoms with Crippen molar-refractivity contribution in [2.45, 2.75) is 26.8 Å². The minimum Gasteiger partial charge on any atom is -0.352 e. The van der Waals surface area contributed by atoms with Gasteiger partial charge in [-0.1, -0.05) is 49.7 Å². The zero-order valence-corrected chi connectivity index (χ0v) is 16.5. The Balaban J connectivity index is 0.00000176. The fourth-order valence-electron chi connectivity index (χ4n) is 2.25. The summed E-state index contributed by atoms with van der Waals surface area (Å²) in [6.45, 7) is 9.55. The summed E-state index contributed by atoms with van der Waals surface area (Å²) in [5.74, 6) is 0. The van der Waals surface area contributed by atoms with Gasteiger partial charge in [0.25, 0.3) is 0 Å². The molecule has 0 spiro atoms. The second kappa shape index (κ2) is 11.6. The number of rotatable bonds is 7. The maximum atomic E-state index is 11.4. The van der Waals surface area contributed by atoms with Gasteiger partial charge in [-0.2, -0.15) is 15.3 Å². The van der Waals surface area contributed by atoms with E-state index in [1.165, 1.54) is 5.12 Å². The van der Waals surface area contributed by atoms with Gasteiger partial charge in [0.15, 0.2) is 0 Å². The number of pyridine rings is 1. The average molecular weight is 389 g/mol. The van der Waals surface area contributed by atoms with Gasteiger partial charge >= 0.3 is 6.03 Å². The number of carbonyl (C=O) groups is 1. The van der Waals surface area contributed by atoms with Crippen molar-refractivity contribution >= 4 is 30.1 Å². The summed E-state index contributed by atoms with van der Waals surface area (Å²) in [5, 5.41) is 12.8. The lowest BCUT2D eigenvalue weighted by Crippen LogP contribution is -2.38. The number of urea groups is 1. The summed E-state index contributed by atoms with van der Waals surface area (Å²) >= 11 is 6.23. The first kappa shape index (κ1) is 22.1. The molecule has 0 bridgehead atoms. The Morgan fingerprint density at radius 3 is 2.52 bits per heavy atom. The number of primary amides is 1. The molecule has 7 nitrogen and oxygen atoms in total. The Labute approximate surface area is 164 Å². The normalized spacial score (nSPS) is 11.6. The molecule has 1 heterocycles. The Bertz CT molecular complexity index is 766. The van der Waals surface area contributed by atoms with E-state index in [0.717, 1.165) is 0 Å². The molecule has 0 saturated carbocycles. The Morgan fingerprint density at radius 2 is 1.96 bits per heavy atom. The minimum atomic E-state index is -0.667. The summed E-state index contributed by atoms with van der Waals surface area (Å²) in [7, 11) is 0. The molecule has 8 heteroatoms. The van der Waals surface area contributed by atoms with Gasteiger partial charge in [-0.25, -0.2) is 4.79 Å². The number of hydrogen-bond donors (Lipinski definition) is 2. The molecule has 1 aromatic carbocycles.